The minimum Gasteiger partial charge on any atom is -0.343 e. The van der Waals surface area contributed by atoms with Crippen molar-refractivity contribution in [1.82, 2.24) is 19.4 Å². The van der Waals surface area contributed by atoms with E-state index in [0.29, 0.717) is 0 Å². The first-order chi connectivity index (χ1) is 12.8. The average Bonchev–Trinajstić information content (AvgIpc) is 3.06. The van der Waals surface area contributed by atoms with Gasteiger partial charge < -0.3 is 14.4 Å². The molecular weight excluding hydrogens is 320 g/mol. The number of pyridine rings is 1. The third-order valence-electron chi connectivity index (χ3n) is 5.45. The molecule has 0 N–H and O–H groups in total. The van der Waals surface area contributed by atoms with E-state index in [1.807, 2.05) is 18.5 Å². The number of hydrogen-bond donors (Lipinski definition) is 0. The molecule has 4 nitrogen and oxygen atoms in total. The highest BCUT2D eigenvalue weighted by molar-refractivity contribution is 5.81. The summed E-state index contributed by atoms with van der Waals surface area (Å²) in [5.74, 6) is 0. The van der Waals surface area contributed by atoms with E-state index in [-0.39, 0.29) is 0 Å². The molecule has 0 amide bonds. The van der Waals surface area contributed by atoms with Crippen molar-refractivity contribution in [1.29, 1.82) is 0 Å². The Morgan fingerprint density at radius 2 is 1.88 bits per heavy atom. The monoisotopic (exact) mass is 348 g/mol. The van der Waals surface area contributed by atoms with Gasteiger partial charge in [-0.25, -0.2) is 0 Å². The zero-order valence-corrected chi connectivity index (χ0v) is 15.6. The van der Waals surface area contributed by atoms with Gasteiger partial charge in [0.25, 0.3) is 0 Å². The first-order valence-corrected chi connectivity index (χ1v) is 9.65. The highest BCUT2D eigenvalue weighted by atomic mass is 15.2. The standard InChI is InChI=1S/C22H28N4/c1-24-12-14-25(15-13-24)10-3-5-19-6-7-22-21(16-19)8-11-26(22)18-20-4-2-9-23-17-20/h2,4,6-9,11,16-17H,3,5,10,12-15,18H2,1H3. The molecule has 0 atom stereocenters. The molecule has 3 heterocycles. The summed E-state index contributed by atoms with van der Waals surface area (Å²) >= 11 is 0. The molecule has 1 saturated heterocycles. The molecule has 0 saturated carbocycles. The maximum Gasteiger partial charge on any atom is 0.0491 e. The van der Waals surface area contributed by atoms with Crippen molar-refractivity contribution in [2.24, 2.45) is 0 Å². The molecule has 4 heteroatoms. The van der Waals surface area contributed by atoms with Crippen LogP contribution in [0.3, 0.4) is 0 Å². The van der Waals surface area contributed by atoms with Crippen LogP contribution in [0.25, 0.3) is 10.9 Å². The van der Waals surface area contributed by atoms with E-state index in [1.165, 1.54) is 61.2 Å². The zero-order valence-electron chi connectivity index (χ0n) is 15.6. The minimum absolute atomic E-state index is 0.875. The van der Waals surface area contributed by atoms with Crippen LogP contribution in [0.1, 0.15) is 17.5 Å². The van der Waals surface area contributed by atoms with Crippen molar-refractivity contribution in [3.05, 3.63) is 66.1 Å². The van der Waals surface area contributed by atoms with Gasteiger partial charge in [-0.15, -0.1) is 0 Å². The van der Waals surface area contributed by atoms with Gasteiger partial charge in [0.15, 0.2) is 0 Å². The van der Waals surface area contributed by atoms with Crippen LogP contribution in [0.15, 0.2) is 55.0 Å². The molecule has 1 aliphatic rings. The molecule has 0 aliphatic carbocycles. The maximum absolute atomic E-state index is 4.22. The number of fused-ring (bicyclic) bond motifs is 1. The predicted octanol–water partition coefficient (Wildman–Crippen LogP) is 3.26. The van der Waals surface area contributed by atoms with Gasteiger partial charge in [-0.1, -0.05) is 12.1 Å². The second-order valence-corrected chi connectivity index (χ2v) is 7.45. The van der Waals surface area contributed by atoms with Crippen LogP contribution in [-0.4, -0.2) is 59.1 Å². The lowest BCUT2D eigenvalue weighted by molar-refractivity contribution is 0.153. The summed E-state index contributed by atoms with van der Waals surface area (Å²) < 4.78 is 2.31. The van der Waals surface area contributed by atoms with Crippen LogP contribution >= 0.6 is 0 Å². The van der Waals surface area contributed by atoms with Crippen molar-refractivity contribution in [3.8, 4) is 0 Å². The molecule has 4 rings (SSSR count). The molecule has 26 heavy (non-hydrogen) atoms. The number of nitrogens with zero attached hydrogens (tertiary/aromatic N) is 4. The molecule has 1 aromatic carbocycles. The molecule has 3 aromatic rings. The molecule has 2 aromatic heterocycles. The van der Waals surface area contributed by atoms with E-state index in [2.05, 4.69) is 62.9 Å². The highest BCUT2D eigenvalue weighted by Gasteiger charge is 2.13. The second kappa shape index (κ2) is 8.02. The quantitative estimate of drug-likeness (QED) is 0.683. The van der Waals surface area contributed by atoms with Crippen molar-refractivity contribution in [3.63, 3.8) is 0 Å². The van der Waals surface area contributed by atoms with Crippen LogP contribution in [0.2, 0.25) is 0 Å². The Labute approximate surface area is 156 Å². The van der Waals surface area contributed by atoms with Crippen molar-refractivity contribution < 1.29 is 0 Å². The normalized spacial score (nSPS) is 16.3. The van der Waals surface area contributed by atoms with Crippen molar-refractivity contribution >= 4 is 10.9 Å². The van der Waals surface area contributed by atoms with E-state index < -0.39 is 0 Å². The topological polar surface area (TPSA) is 24.3 Å². The number of benzene rings is 1. The van der Waals surface area contributed by atoms with Gasteiger partial charge in [0.2, 0.25) is 0 Å². The van der Waals surface area contributed by atoms with Gasteiger partial charge in [0, 0.05) is 56.8 Å². The van der Waals surface area contributed by atoms with E-state index in [9.17, 15) is 0 Å². The Morgan fingerprint density at radius 1 is 1.00 bits per heavy atom. The van der Waals surface area contributed by atoms with Crippen molar-refractivity contribution in [2.45, 2.75) is 19.4 Å². The summed E-state index contributed by atoms with van der Waals surface area (Å²) in [5, 5.41) is 1.34. The van der Waals surface area contributed by atoms with Gasteiger partial charge in [-0.05, 0) is 67.2 Å². The van der Waals surface area contributed by atoms with Gasteiger partial charge in [0.05, 0.1) is 0 Å². The fourth-order valence-corrected chi connectivity index (χ4v) is 3.81. The summed E-state index contributed by atoms with van der Waals surface area (Å²) in [6, 6.07) is 13.3. The number of hydrogen-bond acceptors (Lipinski definition) is 3. The van der Waals surface area contributed by atoms with Gasteiger partial charge in [-0.3, -0.25) is 4.98 Å². The molecule has 136 valence electrons. The van der Waals surface area contributed by atoms with E-state index in [4.69, 9.17) is 0 Å². The molecule has 0 radical (unpaired) electrons. The Balaban J connectivity index is 1.36. The Bertz CT molecular complexity index is 832. The summed E-state index contributed by atoms with van der Waals surface area (Å²) in [6.07, 6.45) is 8.36. The van der Waals surface area contributed by atoms with Gasteiger partial charge in [0.1, 0.15) is 0 Å². The second-order valence-electron chi connectivity index (χ2n) is 7.45. The number of likely N-dealkylation sites (N-methyl/N-ethyl adjacent to an activating group) is 1. The molecular formula is C22H28N4. The Hall–Kier alpha value is -2.17. The molecule has 0 bridgehead atoms. The maximum atomic E-state index is 4.22. The SMILES string of the molecule is CN1CCN(CCCc2ccc3c(ccn3Cc3cccnc3)c2)CC1. The summed E-state index contributed by atoms with van der Waals surface area (Å²) in [5.41, 5.74) is 3.99. The zero-order chi connectivity index (χ0) is 17.8. The molecule has 1 aliphatic heterocycles. The largest absolute Gasteiger partial charge is 0.343 e. The fourth-order valence-electron chi connectivity index (χ4n) is 3.81. The van der Waals surface area contributed by atoms with Crippen LogP contribution in [0.4, 0.5) is 0 Å². The van der Waals surface area contributed by atoms with Crippen LogP contribution < -0.4 is 0 Å². The Kier molecular flexibility index (Phi) is 5.32. The summed E-state index contributed by atoms with van der Waals surface area (Å²) in [4.78, 5) is 9.23. The molecule has 0 unspecified atom stereocenters. The predicted molar refractivity (Wildman–Crippen MR) is 108 cm³/mol. The minimum atomic E-state index is 0.875. The highest BCUT2D eigenvalue weighted by Crippen LogP contribution is 2.20. The lowest BCUT2D eigenvalue weighted by Crippen LogP contribution is -2.44. The number of aromatic nitrogens is 2. The number of aryl methyl sites for hydroxylation is 1. The van der Waals surface area contributed by atoms with Crippen LogP contribution in [0, 0.1) is 0 Å². The third kappa shape index (κ3) is 4.14. The number of rotatable bonds is 6. The van der Waals surface area contributed by atoms with E-state index in [0.717, 1.165) is 13.0 Å². The molecule has 1 fully saturated rings. The van der Waals surface area contributed by atoms with Gasteiger partial charge >= 0.3 is 0 Å². The first-order valence-electron chi connectivity index (χ1n) is 9.65. The summed E-state index contributed by atoms with van der Waals surface area (Å²) in [7, 11) is 2.22. The lowest BCUT2D eigenvalue weighted by atomic mass is 10.1. The van der Waals surface area contributed by atoms with E-state index >= 15 is 0 Å². The van der Waals surface area contributed by atoms with Crippen LogP contribution in [-0.2, 0) is 13.0 Å². The molecule has 0 spiro atoms. The average molecular weight is 348 g/mol. The fraction of sp³-hybridized carbons (Fsp3) is 0.409. The first kappa shape index (κ1) is 17.3. The van der Waals surface area contributed by atoms with Crippen LogP contribution in [0.5, 0.6) is 0 Å². The third-order valence-corrected chi connectivity index (χ3v) is 5.45. The summed E-state index contributed by atoms with van der Waals surface area (Å²) in [6.45, 7) is 6.93. The lowest BCUT2D eigenvalue weighted by Gasteiger charge is -2.32. The van der Waals surface area contributed by atoms with E-state index in [1.54, 1.807) is 0 Å². The number of piperazine rings is 1. The van der Waals surface area contributed by atoms with Crippen molar-refractivity contribution in [2.75, 3.05) is 39.8 Å². The smallest absolute Gasteiger partial charge is 0.0491 e. The Morgan fingerprint density at radius 3 is 2.69 bits per heavy atom. The van der Waals surface area contributed by atoms with Gasteiger partial charge in [-0.2, -0.15) is 0 Å².